The molecule has 4 rings (SSSR count). The second-order valence-electron chi connectivity index (χ2n) is 8.70. The lowest BCUT2D eigenvalue weighted by Crippen LogP contribution is -2.24. The van der Waals surface area contributed by atoms with Gasteiger partial charge in [-0.15, -0.1) is 0 Å². The Morgan fingerprint density at radius 1 is 0.568 bits per heavy atom. The average Bonchev–Trinajstić information content (AvgIpc) is 2.84. The van der Waals surface area contributed by atoms with Crippen LogP contribution in [0.4, 0.5) is 37.7 Å². The second-order valence-corrected chi connectivity index (χ2v) is 8.70. The molecule has 192 valence electrons. The van der Waals surface area contributed by atoms with Gasteiger partial charge >= 0.3 is 0 Å². The lowest BCUT2D eigenvalue weighted by molar-refractivity contribution is 0.368. The Labute approximate surface area is 208 Å². The molecule has 4 aromatic rings. The van der Waals surface area contributed by atoms with Gasteiger partial charge < -0.3 is 20.9 Å². The zero-order chi connectivity index (χ0) is 27.1. The van der Waals surface area contributed by atoms with Gasteiger partial charge in [0.1, 0.15) is 11.5 Å². The van der Waals surface area contributed by atoms with E-state index in [0.29, 0.717) is 12.1 Å². The summed E-state index contributed by atoms with van der Waals surface area (Å²) in [4.78, 5) is 0. The molecule has 4 N–H and O–H groups in total. The van der Waals surface area contributed by atoms with E-state index in [1.54, 1.807) is 0 Å². The first-order valence-corrected chi connectivity index (χ1v) is 10.8. The van der Waals surface area contributed by atoms with Crippen LogP contribution in [0.2, 0.25) is 0 Å². The Kier molecular flexibility index (Phi) is 6.68. The fourth-order valence-corrected chi connectivity index (χ4v) is 3.79. The molecule has 0 fully saturated rings. The van der Waals surface area contributed by atoms with Crippen molar-refractivity contribution in [1.82, 2.24) is 0 Å². The van der Waals surface area contributed by atoms with Crippen molar-refractivity contribution in [3.05, 3.63) is 107 Å². The number of nitrogen functional groups attached to an aromatic ring is 2. The summed E-state index contributed by atoms with van der Waals surface area (Å²) in [5.74, 6) is -11.5. The van der Waals surface area contributed by atoms with Crippen LogP contribution in [-0.2, 0) is 5.41 Å². The van der Waals surface area contributed by atoms with E-state index >= 15 is 8.78 Å². The molecule has 0 heterocycles. The summed E-state index contributed by atoms with van der Waals surface area (Å²) in [6.45, 7) is 2.30. The summed E-state index contributed by atoms with van der Waals surface area (Å²) in [7, 11) is 0. The zero-order valence-corrected chi connectivity index (χ0v) is 19.5. The molecule has 0 saturated heterocycles. The van der Waals surface area contributed by atoms with Crippen LogP contribution < -0.4 is 20.9 Å². The fraction of sp³-hybridized carbons (Fsp3) is 0.111. The Morgan fingerprint density at radius 3 is 1.30 bits per heavy atom. The summed E-state index contributed by atoms with van der Waals surface area (Å²) in [6, 6.07) is 12.3. The van der Waals surface area contributed by atoms with Gasteiger partial charge in [0, 0.05) is 40.0 Å². The summed E-state index contributed by atoms with van der Waals surface area (Å²) in [6.07, 6.45) is 0. The highest BCUT2D eigenvalue weighted by molar-refractivity contribution is 5.50. The Morgan fingerprint density at radius 2 is 0.946 bits per heavy atom. The van der Waals surface area contributed by atoms with Crippen LogP contribution in [0.5, 0.6) is 23.0 Å². The summed E-state index contributed by atoms with van der Waals surface area (Å²) < 4.78 is 100. The fourth-order valence-electron chi connectivity index (χ4n) is 3.79. The first-order valence-electron chi connectivity index (χ1n) is 10.8. The highest BCUT2D eigenvalue weighted by Crippen LogP contribution is 2.42. The van der Waals surface area contributed by atoms with Crippen LogP contribution in [0.25, 0.3) is 0 Å². The molecule has 0 radical (unpaired) electrons. The lowest BCUT2D eigenvalue weighted by Gasteiger charge is -2.28. The van der Waals surface area contributed by atoms with E-state index in [-0.39, 0.29) is 22.9 Å². The number of hydrogen-bond donors (Lipinski definition) is 2. The van der Waals surface area contributed by atoms with E-state index < -0.39 is 62.9 Å². The van der Waals surface area contributed by atoms with Crippen molar-refractivity contribution in [3.63, 3.8) is 0 Å². The van der Waals surface area contributed by atoms with Crippen molar-refractivity contribution >= 4 is 11.4 Å². The highest BCUT2D eigenvalue weighted by Gasteiger charge is 2.36. The molecule has 4 aromatic carbocycles. The van der Waals surface area contributed by atoms with Crippen molar-refractivity contribution in [2.75, 3.05) is 11.5 Å². The topological polar surface area (TPSA) is 70.5 Å². The number of rotatable bonds is 6. The molecule has 0 aliphatic heterocycles. The van der Waals surface area contributed by atoms with Crippen molar-refractivity contribution in [1.29, 1.82) is 0 Å². The van der Waals surface area contributed by atoms with Crippen molar-refractivity contribution in [2.24, 2.45) is 0 Å². The van der Waals surface area contributed by atoms with Crippen molar-refractivity contribution in [2.45, 2.75) is 19.3 Å². The molecule has 10 heteroatoms. The number of hydrogen-bond acceptors (Lipinski definition) is 4. The van der Waals surface area contributed by atoms with Gasteiger partial charge in [0.25, 0.3) is 0 Å². The maximum Gasteiger partial charge on any atom is 0.204 e. The Bertz CT molecular complexity index is 1400. The lowest BCUT2D eigenvalue weighted by atomic mass is 9.77. The number of benzene rings is 4. The van der Waals surface area contributed by atoms with E-state index in [9.17, 15) is 17.6 Å². The van der Waals surface area contributed by atoms with Gasteiger partial charge in [-0.3, -0.25) is 0 Å². The predicted molar refractivity (Wildman–Crippen MR) is 127 cm³/mol. The minimum Gasteiger partial charge on any atom is -0.451 e. The van der Waals surface area contributed by atoms with E-state index in [1.807, 2.05) is 0 Å². The molecule has 0 saturated carbocycles. The third-order valence-corrected chi connectivity index (χ3v) is 5.74. The third kappa shape index (κ3) is 4.87. The first-order chi connectivity index (χ1) is 17.4. The normalized spacial score (nSPS) is 11.5. The summed E-state index contributed by atoms with van der Waals surface area (Å²) in [5, 5.41) is 0. The van der Waals surface area contributed by atoms with Gasteiger partial charge in [-0.25, -0.2) is 17.6 Å². The maximum absolute atomic E-state index is 15.2. The minimum absolute atomic E-state index is 0.0600. The maximum atomic E-state index is 15.2. The molecule has 0 aromatic heterocycles. The van der Waals surface area contributed by atoms with Gasteiger partial charge in [0.2, 0.25) is 23.1 Å². The summed E-state index contributed by atoms with van der Waals surface area (Å²) in [5.41, 5.74) is 8.34. The van der Waals surface area contributed by atoms with Crippen LogP contribution in [0.3, 0.4) is 0 Å². The number of anilines is 2. The van der Waals surface area contributed by atoms with Crippen LogP contribution in [0.15, 0.2) is 60.7 Å². The molecular formula is C27H20F6N2O2. The zero-order valence-electron chi connectivity index (χ0n) is 19.5. The molecule has 37 heavy (non-hydrogen) atoms. The molecular weight excluding hydrogens is 498 g/mol. The third-order valence-electron chi connectivity index (χ3n) is 5.74. The molecule has 0 aliphatic rings. The molecule has 0 bridgehead atoms. The van der Waals surface area contributed by atoms with E-state index in [2.05, 4.69) is 0 Å². The molecule has 0 atom stereocenters. The van der Waals surface area contributed by atoms with Gasteiger partial charge in [0.15, 0.2) is 23.3 Å². The average molecular weight is 518 g/mol. The van der Waals surface area contributed by atoms with Crippen LogP contribution in [-0.4, -0.2) is 0 Å². The monoisotopic (exact) mass is 518 g/mol. The molecule has 4 nitrogen and oxygen atoms in total. The second kappa shape index (κ2) is 9.61. The predicted octanol–water partition coefficient (Wildman–Crippen LogP) is 7.60. The van der Waals surface area contributed by atoms with Gasteiger partial charge in [-0.2, -0.15) is 8.78 Å². The Balaban J connectivity index is 1.76. The van der Waals surface area contributed by atoms with Crippen molar-refractivity contribution in [3.8, 4) is 23.0 Å². The van der Waals surface area contributed by atoms with Crippen LogP contribution >= 0.6 is 0 Å². The van der Waals surface area contributed by atoms with E-state index in [1.165, 1.54) is 48.5 Å². The summed E-state index contributed by atoms with van der Waals surface area (Å²) >= 11 is 0. The largest absolute Gasteiger partial charge is 0.451 e. The highest BCUT2D eigenvalue weighted by atomic mass is 19.2. The smallest absolute Gasteiger partial charge is 0.204 e. The quantitative estimate of drug-likeness (QED) is 0.157. The first kappa shape index (κ1) is 25.7. The molecule has 0 amide bonds. The minimum atomic E-state index is -1.94. The van der Waals surface area contributed by atoms with Gasteiger partial charge in [-0.05, 0) is 36.4 Å². The Hall–Kier alpha value is -4.34. The molecule has 0 unspecified atom stereocenters. The SMILES string of the molecule is CC(C)(c1cc(F)c(Oc2cccc(N)c2)c(F)c1F)c1cc(F)c(Oc2cccc(N)c2)c(F)c1F. The molecule has 0 aliphatic carbocycles. The number of halogens is 6. The molecule has 0 spiro atoms. The number of nitrogens with two attached hydrogens (primary N) is 2. The van der Waals surface area contributed by atoms with Crippen molar-refractivity contribution < 1.29 is 35.8 Å². The number of ether oxygens (including phenoxy) is 2. The van der Waals surface area contributed by atoms with Crippen LogP contribution in [0, 0.1) is 34.9 Å². The van der Waals surface area contributed by atoms with Gasteiger partial charge in [0.05, 0.1) is 0 Å². The van der Waals surface area contributed by atoms with E-state index in [0.717, 1.165) is 13.8 Å². The standard InChI is InChI=1S/C27H20F6N2O2/c1-27(2,17-11-19(28)25(23(32)21(17)30)36-15-7-3-5-13(34)9-15)18-12-20(29)26(24(33)22(18)31)37-16-8-4-6-14(35)10-16/h3-12H,34-35H2,1-2H3. The van der Waals surface area contributed by atoms with Gasteiger partial charge in [-0.1, -0.05) is 26.0 Å². The van der Waals surface area contributed by atoms with Crippen LogP contribution in [0.1, 0.15) is 25.0 Å². The van der Waals surface area contributed by atoms with E-state index in [4.69, 9.17) is 20.9 Å².